The van der Waals surface area contributed by atoms with Gasteiger partial charge in [-0.15, -0.1) is 0 Å². The molecule has 11 rings (SSSR count). The van der Waals surface area contributed by atoms with Gasteiger partial charge < -0.3 is 9.32 Å². The molecule has 1 aliphatic rings. The second-order valence-electron chi connectivity index (χ2n) is 16.0. The molecular weight excluding hydrogens is 715 g/mol. The van der Waals surface area contributed by atoms with E-state index in [9.17, 15) is 0 Å². The van der Waals surface area contributed by atoms with Crippen molar-refractivity contribution in [2.45, 2.75) is 19.3 Å². The van der Waals surface area contributed by atoms with Gasteiger partial charge in [-0.3, -0.25) is 0 Å². The summed E-state index contributed by atoms with van der Waals surface area (Å²) in [6, 6.07) is 77.0. The maximum atomic E-state index is 6.59. The topological polar surface area (TPSA) is 16.4 Å². The van der Waals surface area contributed by atoms with Crippen molar-refractivity contribution in [3.8, 4) is 55.6 Å². The van der Waals surface area contributed by atoms with Gasteiger partial charge >= 0.3 is 0 Å². The second-order valence-corrected chi connectivity index (χ2v) is 16.0. The Labute approximate surface area is 345 Å². The average Bonchev–Trinajstić information content (AvgIpc) is 3.79. The van der Waals surface area contributed by atoms with Crippen LogP contribution in [0.4, 0.5) is 17.1 Å². The largest absolute Gasteiger partial charge is 0.455 e. The molecule has 0 fully saturated rings. The molecule has 2 heteroatoms. The summed E-state index contributed by atoms with van der Waals surface area (Å²) in [5.74, 6) is 0. The molecule has 2 nitrogen and oxygen atoms in total. The van der Waals surface area contributed by atoms with Crippen molar-refractivity contribution in [2.24, 2.45) is 0 Å². The number of benzene rings is 9. The maximum absolute atomic E-state index is 6.59. The first-order valence-electron chi connectivity index (χ1n) is 20.4. The van der Waals surface area contributed by atoms with Crippen LogP contribution in [0.25, 0.3) is 77.6 Å². The summed E-state index contributed by atoms with van der Waals surface area (Å²) in [7, 11) is 0. The maximum Gasteiger partial charge on any atom is 0.143 e. The fourth-order valence-electron chi connectivity index (χ4n) is 9.50. The van der Waals surface area contributed by atoms with Gasteiger partial charge in [0, 0.05) is 38.7 Å². The van der Waals surface area contributed by atoms with Crippen molar-refractivity contribution in [1.29, 1.82) is 0 Å². The molecule has 0 atom stereocenters. The Hall–Kier alpha value is -7.42. The van der Waals surface area contributed by atoms with Crippen molar-refractivity contribution >= 4 is 39.0 Å². The number of para-hydroxylation sites is 2. The Kier molecular flexibility index (Phi) is 8.20. The lowest BCUT2D eigenvalue weighted by atomic mass is 9.82. The molecule has 0 saturated heterocycles. The average molecular weight is 756 g/mol. The lowest BCUT2D eigenvalue weighted by molar-refractivity contribution is 0.660. The Morgan fingerprint density at radius 1 is 0.373 bits per heavy atom. The number of nitrogens with zero attached hydrogens (tertiary/aromatic N) is 1. The highest BCUT2D eigenvalue weighted by molar-refractivity contribution is 6.10. The van der Waals surface area contributed by atoms with E-state index in [2.05, 4.69) is 225 Å². The van der Waals surface area contributed by atoms with Crippen LogP contribution in [-0.2, 0) is 5.41 Å². The number of anilines is 3. The van der Waals surface area contributed by atoms with Gasteiger partial charge in [-0.2, -0.15) is 0 Å². The summed E-state index contributed by atoms with van der Waals surface area (Å²) in [5.41, 5.74) is 19.5. The van der Waals surface area contributed by atoms with Gasteiger partial charge in [0.1, 0.15) is 11.2 Å². The van der Waals surface area contributed by atoms with E-state index in [4.69, 9.17) is 4.42 Å². The predicted octanol–water partition coefficient (Wildman–Crippen LogP) is 16.0. The van der Waals surface area contributed by atoms with E-state index in [-0.39, 0.29) is 5.41 Å². The Bertz CT molecular complexity index is 3190. The van der Waals surface area contributed by atoms with Gasteiger partial charge in [-0.05, 0) is 92.0 Å². The normalized spacial score (nSPS) is 12.7. The minimum Gasteiger partial charge on any atom is -0.455 e. The number of fused-ring (bicyclic) bond motifs is 6. The van der Waals surface area contributed by atoms with Gasteiger partial charge in [-0.25, -0.2) is 0 Å². The van der Waals surface area contributed by atoms with Crippen molar-refractivity contribution in [2.75, 3.05) is 4.90 Å². The van der Waals surface area contributed by atoms with E-state index in [0.29, 0.717) is 0 Å². The van der Waals surface area contributed by atoms with Crippen LogP contribution in [0.3, 0.4) is 0 Å². The number of hydrogen-bond donors (Lipinski definition) is 0. The van der Waals surface area contributed by atoms with Gasteiger partial charge in [0.2, 0.25) is 0 Å². The second kappa shape index (κ2) is 13.9. The third-order valence-electron chi connectivity index (χ3n) is 12.3. The van der Waals surface area contributed by atoms with Crippen molar-refractivity contribution in [1.82, 2.24) is 0 Å². The third-order valence-corrected chi connectivity index (χ3v) is 12.3. The monoisotopic (exact) mass is 755 g/mol. The van der Waals surface area contributed by atoms with E-state index < -0.39 is 0 Å². The summed E-state index contributed by atoms with van der Waals surface area (Å²) >= 11 is 0. The van der Waals surface area contributed by atoms with Crippen LogP contribution >= 0.6 is 0 Å². The lowest BCUT2D eigenvalue weighted by Gasteiger charge is -2.31. The van der Waals surface area contributed by atoms with Crippen LogP contribution in [0, 0.1) is 0 Å². The smallest absolute Gasteiger partial charge is 0.143 e. The fraction of sp³-hybridized carbons (Fsp3) is 0.0526. The molecule has 0 amide bonds. The molecule has 9 aromatic carbocycles. The highest BCUT2D eigenvalue weighted by Gasteiger charge is 2.36. The molecule has 59 heavy (non-hydrogen) atoms. The standard InChI is InChI=1S/C57H41NO/c1-57(2)51-31-13-11-25-46(51)50-37-42(34-35-52(50)57)58(41-23-15-22-40(36-41)45-29-16-30-49-47-26-12-14-33-54(47)59-56(45)49)53-32-17-28-44(39-20-7-4-8-21-39)55(53)48-27-10-9-24-43(48)38-18-5-3-6-19-38/h3-37H,1-2H3. The van der Waals surface area contributed by atoms with Gasteiger partial charge in [-0.1, -0.05) is 190 Å². The molecule has 0 radical (unpaired) electrons. The van der Waals surface area contributed by atoms with Crippen molar-refractivity contribution in [3.05, 3.63) is 223 Å². The number of rotatable bonds is 7. The number of furan rings is 1. The van der Waals surface area contributed by atoms with Crippen LogP contribution in [0.5, 0.6) is 0 Å². The van der Waals surface area contributed by atoms with Crippen molar-refractivity contribution < 1.29 is 4.42 Å². The molecule has 0 bridgehead atoms. The quantitative estimate of drug-likeness (QED) is 0.161. The number of hydrogen-bond acceptors (Lipinski definition) is 2. The van der Waals surface area contributed by atoms with Crippen LogP contribution < -0.4 is 4.90 Å². The highest BCUT2D eigenvalue weighted by Crippen LogP contribution is 2.53. The van der Waals surface area contributed by atoms with Crippen LogP contribution in [0.2, 0.25) is 0 Å². The lowest BCUT2D eigenvalue weighted by Crippen LogP contribution is -2.15. The zero-order valence-corrected chi connectivity index (χ0v) is 33.1. The molecular formula is C57H41NO. The predicted molar refractivity (Wildman–Crippen MR) is 248 cm³/mol. The molecule has 0 N–H and O–H groups in total. The first kappa shape index (κ1) is 34.8. The highest BCUT2D eigenvalue weighted by atomic mass is 16.3. The molecule has 10 aromatic rings. The summed E-state index contributed by atoms with van der Waals surface area (Å²) in [4.78, 5) is 2.47. The van der Waals surface area contributed by atoms with Gasteiger partial charge in [0.25, 0.3) is 0 Å². The first-order chi connectivity index (χ1) is 29.0. The summed E-state index contributed by atoms with van der Waals surface area (Å²) in [6.07, 6.45) is 0. The summed E-state index contributed by atoms with van der Waals surface area (Å²) < 4.78 is 6.59. The Morgan fingerprint density at radius 2 is 0.932 bits per heavy atom. The zero-order valence-electron chi connectivity index (χ0n) is 33.1. The summed E-state index contributed by atoms with van der Waals surface area (Å²) in [5, 5.41) is 2.25. The third kappa shape index (κ3) is 5.71. The Morgan fingerprint density at radius 3 is 1.75 bits per heavy atom. The van der Waals surface area contributed by atoms with Crippen LogP contribution in [0.1, 0.15) is 25.0 Å². The van der Waals surface area contributed by atoms with Gasteiger partial charge in [0.15, 0.2) is 0 Å². The molecule has 0 saturated carbocycles. The van der Waals surface area contributed by atoms with E-state index >= 15 is 0 Å². The molecule has 1 aromatic heterocycles. The minimum atomic E-state index is -0.104. The summed E-state index contributed by atoms with van der Waals surface area (Å²) in [6.45, 7) is 4.69. The van der Waals surface area contributed by atoms with E-state index in [1.165, 1.54) is 55.6 Å². The van der Waals surface area contributed by atoms with Crippen LogP contribution in [0.15, 0.2) is 217 Å². The van der Waals surface area contributed by atoms with E-state index in [0.717, 1.165) is 50.1 Å². The molecule has 0 aliphatic heterocycles. The van der Waals surface area contributed by atoms with Gasteiger partial charge in [0.05, 0.1) is 5.69 Å². The molecule has 1 aliphatic carbocycles. The SMILES string of the molecule is CC1(C)c2ccccc2-c2cc(N(c3cccc(-c4cccc5c4oc4ccccc45)c3)c3cccc(-c4ccccc4)c3-c3ccccc3-c3ccccc3)ccc21. The fourth-order valence-corrected chi connectivity index (χ4v) is 9.50. The Balaban J connectivity index is 1.20. The van der Waals surface area contributed by atoms with Crippen LogP contribution in [-0.4, -0.2) is 0 Å². The van der Waals surface area contributed by atoms with E-state index in [1.54, 1.807) is 0 Å². The minimum absolute atomic E-state index is 0.104. The molecule has 1 heterocycles. The molecule has 280 valence electrons. The first-order valence-corrected chi connectivity index (χ1v) is 20.4. The zero-order chi connectivity index (χ0) is 39.5. The van der Waals surface area contributed by atoms with E-state index in [1.807, 2.05) is 6.07 Å². The van der Waals surface area contributed by atoms with Crippen molar-refractivity contribution in [3.63, 3.8) is 0 Å². The molecule has 0 spiro atoms. The molecule has 0 unspecified atom stereocenters.